The summed E-state index contributed by atoms with van der Waals surface area (Å²) in [5, 5.41) is 2.61. The van der Waals surface area contributed by atoms with Gasteiger partial charge in [0.1, 0.15) is 5.75 Å². The predicted molar refractivity (Wildman–Crippen MR) is 70.9 cm³/mol. The van der Waals surface area contributed by atoms with Crippen LogP contribution in [-0.4, -0.2) is 24.6 Å². The van der Waals surface area contributed by atoms with Crippen molar-refractivity contribution >= 4 is 18.3 Å². The van der Waals surface area contributed by atoms with Crippen molar-refractivity contribution in [1.82, 2.24) is 5.32 Å². The average molecular weight is 295 g/mol. The van der Waals surface area contributed by atoms with E-state index >= 15 is 0 Å². The molecule has 1 aromatic carbocycles. The van der Waals surface area contributed by atoms with Gasteiger partial charge in [0.15, 0.2) is 0 Å². The van der Waals surface area contributed by atoms with Crippen molar-refractivity contribution in [2.45, 2.75) is 26.0 Å². The van der Waals surface area contributed by atoms with Crippen LogP contribution in [0.1, 0.15) is 24.2 Å². The Morgan fingerprint density at radius 2 is 2.11 bits per heavy atom. The van der Waals surface area contributed by atoms with E-state index in [-0.39, 0.29) is 36.2 Å². The number of carbonyl (C=O) groups excluding carboxylic acids is 1. The van der Waals surface area contributed by atoms with E-state index in [1.807, 2.05) is 0 Å². The molecule has 0 aromatic heterocycles. The summed E-state index contributed by atoms with van der Waals surface area (Å²) in [5.41, 5.74) is 5.43. The molecule has 1 amide bonds. The lowest BCUT2D eigenvalue weighted by molar-refractivity contribution is -0.0498. The van der Waals surface area contributed by atoms with Gasteiger partial charge < -0.3 is 15.8 Å². The second-order valence-corrected chi connectivity index (χ2v) is 4.58. The first-order chi connectivity index (χ1) is 8.28. The number of nitrogens with one attached hydrogen (secondary N) is 1. The second-order valence-electron chi connectivity index (χ2n) is 4.58. The SMILES string of the molecule is CC(C)(N)CNC(=O)c1cccc(OC(F)F)c1.Cl. The maximum absolute atomic E-state index is 12.0. The molecule has 108 valence electrons. The molecule has 19 heavy (non-hydrogen) atoms. The molecule has 7 heteroatoms. The lowest BCUT2D eigenvalue weighted by Gasteiger charge is -2.18. The van der Waals surface area contributed by atoms with Crippen molar-refractivity contribution in [2.75, 3.05) is 6.54 Å². The number of hydrogen-bond donors (Lipinski definition) is 2. The van der Waals surface area contributed by atoms with Crippen molar-refractivity contribution in [3.05, 3.63) is 29.8 Å². The number of nitrogens with two attached hydrogens (primary N) is 1. The number of halogens is 3. The third-order valence-corrected chi connectivity index (χ3v) is 2.03. The third kappa shape index (κ3) is 6.93. The highest BCUT2D eigenvalue weighted by molar-refractivity contribution is 5.94. The summed E-state index contributed by atoms with van der Waals surface area (Å²) in [6.45, 7) is 0.908. The lowest BCUT2D eigenvalue weighted by Crippen LogP contribution is -2.45. The molecule has 0 saturated heterocycles. The molecule has 1 aromatic rings. The quantitative estimate of drug-likeness (QED) is 0.875. The third-order valence-electron chi connectivity index (χ3n) is 2.03. The van der Waals surface area contributed by atoms with Gasteiger partial charge in [-0.3, -0.25) is 4.79 Å². The molecule has 0 bridgehead atoms. The largest absolute Gasteiger partial charge is 0.435 e. The Kier molecular flexibility index (Phi) is 6.72. The zero-order chi connectivity index (χ0) is 13.8. The number of benzene rings is 1. The van der Waals surface area contributed by atoms with Gasteiger partial charge in [-0.25, -0.2) is 0 Å². The number of rotatable bonds is 5. The Hall–Kier alpha value is -1.40. The van der Waals surface area contributed by atoms with Gasteiger partial charge in [-0.05, 0) is 32.0 Å². The van der Waals surface area contributed by atoms with Crippen LogP contribution in [0, 0.1) is 0 Å². The topological polar surface area (TPSA) is 64.3 Å². The number of carbonyl (C=O) groups is 1. The smallest absolute Gasteiger partial charge is 0.387 e. The summed E-state index contributed by atoms with van der Waals surface area (Å²) < 4.78 is 28.2. The van der Waals surface area contributed by atoms with E-state index in [1.54, 1.807) is 13.8 Å². The number of alkyl halides is 2. The van der Waals surface area contributed by atoms with Crippen molar-refractivity contribution in [1.29, 1.82) is 0 Å². The van der Waals surface area contributed by atoms with Crippen molar-refractivity contribution in [2.24, 2.45) is 5.73 Å². The van der Waals surface area contributed by atoms with Gasteiger partial charge in [-0.15, -0.1) is 12.4 Å². The molecule has 4 nitrogen and oxygen atoms in total. The van der Waals surface area contributed by atoms with E-state index in [1.165, 1.54) is 24.3 Å². The lowest BCUT2D eigenvalue weighted by atomic mass is 10.1. The molecule has 0 heterocycles. The van der Waals surface area contributed by atoms with Crippen molar-refractivity contribution in [3.63, 3.8) is 0 Å². The van der Waals surface area contributed by atoms with Gasteiger partial charge in [-0.1, -0.05) is 6.07 Å². The second kappa shape index (κ2) is 7.25. The van der Waals surface area contributed by atoms with Gasteiger partial charge in [-0.2, -0.15) is 8.78 Å². The summed E-state index contributed by atoms with van der Waals surface area (Å²) in [7, 11) is 0. The van der Waals surface area contributed by atoms with Crippen molar-refractivity contribution in [3.8, 4) is 5.75 Å². The normalized spacial score (nSPS) is 10.8. The minimum absolute atomic E-state index is 0. The van der Waals surface area contributed by atoms with E-state index in [9.17, 15) is 13.6 Å². The maximum Gasteiger partial charge on any atom is 0.387 e. The van der Waals surface area contributed by atoms with Crippen LogP contribution in [-0.2, 0) is 0 Å². The molecule has 0 spiro atoms. The first kappa shape index (κ1) is 17.6. The molecule has 0 saturated carbocycles. The first-order valence-electron chi connectivity index (χ1n) is 5.40. The average Bonchev–Trinajstić information content (AvgIpc) is 2.24. The summed E-state index contributed by atoms with van der Waals surface area (Å²) >= 11 is 0. The first-order valence-corrected chi connectivity index (χ1v) is 5.40. The standard InChI is InChI=1S/C12H16F2N2O2.ClH/c1-12(2,15)7-16-10(17)8-4-3-5-9(6-8)18-11(13)14;/h3-6,11H,7,15H2,1-2H3,(H,16,17);1H. The molecule has 0 fully saturated rings. The van der Waals surface area contributed by atoms with Gasteiger partial charge in [0, 0.05) is 17.6 Å². The fourth-order valence-electron chi connectivity index (χ4n) is 1.22. The zero-order valence-electron chi connectivity index (χ0n) is 10.7. The minimum atomic E-state index is -2.91. The van der Waals surface area contributed by atoms with E-state index < -0.39 is 12.2 Å². The van der Waals surface area contributed by atoms with Crippen LogP contribution in [0.5, 0.6) is 5.75 Å². The number of amides is 1. The Morgan fingerprint density at radius 1 is 1.47 bits per heavy atom. The summed E-state index contributed by atoms with van der Waals surface area (Å²) in [6.07, 6.45) is 0. The molecule has 0 aliphatic carbocycles. The molecule has 0 atom stereocenters. The molecular formula is C12H17ClF2N2O2. The molecule has 1 rings (SSSR count). The number of ether oxygens (including phenoxy) is 1. The van der Waals surface area contributed by atoms with Gasteiger partial charge >= 0.3 is 6.61 Å². The van der Waals surface area contributed by atoms with E-state index in [0.717, 1.165) is 0 Å². The fourth-order valence-corrected chi connectivity index (χ4v) is 1.22. The zero-order valence-corrected chi connectivity index (χ0v) is 11.5. The highest BCUT2D eigenvalue weighted by atomic mass is 35.5. The molecule has 0 aliphatic heterocycles. The highest BCUT2D eigenvalue weighted by Gasteiger charge is 2.14. The minimum Gasteiger partial charge on any atom is -0.435 e. The van der Waals surface area contributed by atoms with Gasteiger partial charge in [0.2, 0.25) is 0 Å². The Labute approximate surface area is 116 Å². The maximum atomic E-state index is 12.0. The van der Waals surface area contributed by atoms with Crippen LogP contribution in [0.2, 0.25) is 0 Å². The molecular weight excluding hydrogens is 278 g/mol. The van der Waals surface area contributed by atoms with Crippen molar-refractivity contribution < 1.29 is 18.3 Å². The predicted octanol–water partition coefficient (Wildman–Crippen LogP) is 2.18. The Morgan fingerprint density at radius 3 is 2.63 bits per heavy atom. The molecule has 3 N–H and O–H groups in total. The van der Waals surface area contributed by atoms with Gasteiger partial charge in [0.25, 0.3) is 5.91 Å². The Bertz CT molecular complexity index is 422. The number of hydrogen-bond acceptors (Lipinski definition) is 3. The summed E-state index contributed by atoms with van der Waals surface area (Å²) in [5.74, 6) is -0.432. The van der Waals surface area contributed by atoms with Crippen LogP contribution >= 0.6 is 12.4 Å². The summed E-state index contributed by atoms with van der Waals surface area (Å²) in [4.78, 5) is 11.7. The molecule has 0 radical (unpaired) electrons. The van der Waals surface area contributed by atoms with Gasteiger partial charge in [0.05, 0.1) is 0 Å². The van der Waals surface area contributed by atoms with Crippen LogP contribution in [0.3, 0.4) is 0 Å². The van der Waals surface area contributed by atoms with Crippen LogP contribution in [0.15, 0.2) is 24.3 Å². The van der Waals surface area contributed by atoms with Crippen LogP contribution < -0.4 is 15.8 Å². The van der Waals surface area contributed by atoms with E-state index in [4.69, 9.17) is 5.73 Å². The monoisotopic (exact) mass is 294 g/mol. The van der Waals surface area contributed by atoms with Crippen LogP contribution in [0.25, 0.3) is 0 Å². The molecule has 0 aliphatic rings. The van der Waals surface area contributed by atoms with E-state index in [2.05, 4.69) is 10.1 Å². The van der Waals surface area contributed by atoms with Crippen LogP contribution in [0.4, 0.5) is 8.78 Å². The highest BCUT2D eigenvalue weighted by Crippen LogP contribution is 2.15. The summed E-state index contributed by atoms with van der Waals surface area (Å²) in [6, 6.07) is 5.60. The molecule has 0 unspecified atom stereocenters. The fraction of sp³-hybridized carbons (Fsp3) is 0.417. The Balaban J connectivity index is 0.00000324. The van der Waals surface area contributed by atoms with E-state index in [0.29, 0.717) is 0 Å².